The zero-order chi connectivity index (χ0) is 13.9. The Hall–Kier alpha value is -1.39. The molecule has 20 heavy (non-hydrogen) atoms. The van der Waals surface area contributed by atoms with Crippen molar-refractivity contribution in [2.45, 2.75) is 38.8 Å². The van der Waals surface area contributed by atoms with Gasteiger partial charge in [-0.2, -0.15) is 0 Å². The third-order valence-corrected chi connectivity index (χ3v) is 4.77. The highest BCUT2D eigenvalue weighted by atomic mass is 32.1. The predicted octanol–water partition coefficient (Wildman–Crippen LogP) is 3.12. The van der Waals surface area contributed by atoms with Crippen LogP contribution in [-0.2, 0) is 25.9 Å². The number of pyridine rings is 1. The van der Waals surface area contributed by atoms with E-state index in [9.17, 15) is 0 Å². The molecule has 1 aliphatic rings. The highest BCUT2D eigenvalue weighted by Gasteiger charge is 2.17. The molecule has 2 heterocycles. The fraction of sp³-hybridized carbons (Fsp3) is 0.438. The summed E-state index contributed by atoms with van der Waals surface area (Å²) in [5, 5.41) is 2.12. The van der Waals surface area contributed by atoms with Gasteiger partial charge in [0.25, 0.3) is 0 Å². The molecule has 2 aromatic heterocycles. The van der Waals surface area contributed by atoms with Gasteiger partial charge in [0, 0.05) is 29.7 Å². The normalized spacial score (nSPS) is 14.1. The molecule has 106 valence electrons. The number of thiophene rings is 1. The van der Waals surface area contributed by atoms with Crippen molar-refractivity contribution in [2.24, 2.45) is 5.73 Å². The average Bonchev–Trinajstić information content (AvgIpc) is 2.98. The molecule has 0 fully saturated rings. The number of fused-ring (bicyclic) bond motifs is 1. The Bertz CT molecular complexity index is 578. The van der Waals surface area contributed by atoms with Gasteiger partial charge in [0.05, 0.1) is 6.54 Å². The maximum Gasteiger partial charge on any atom is 0.133 e. The van der Waals surface area contributed by atoms with E-state index in [0.717, 1.165) is 25.2 Å². The summed E-state index contributed by atoms with van der Waals surface area (Å²) in [6.07, 6.45) is 4.81. The second-order valence-corrected chi connectivity index (χ2v) is 6.46. The Kier molecular flexibility index (Phi) is 4.03. The van der Waals surface area contributed by atoms with E-state index < -0.39 is 0 Å². The lowest BCUT2D eigenvalue weighted by Crippen LogP contribution is -2.22. The fourth-order valence-corrected chi connectivity index (χ4v) is 3.62. The van der Waals surface area contributed by atoms with Gasteiger partial charge < -0.3 is 10.6 Å². The smallest absolute Gasteiger partial charge is 0.133 e. The number of rotatable bonds is 4. The first kappa shape index (κ1) is 13.6. The molecule has 0 radical (unpaired) electrons. The third kappa shape index (κ3) is 2.72. The Balaban J connectivity index is 1.90. The van der Waals surface area contributed by atoms with E-state index in [1.807, 2.05) is 0 Å². The topological polar surface area (TPSA) is 42.2 Å². The molecule has 0 atom stereocenters. The minimum absolute atomic E-state index is 0.560. The fourth-order valence-electron chi connectivity index (χ4n) is 2.86. The molecule has 0 amide bonds. The number of aryl methyl sites for hydroxylation is 2. The van der Waals surface area contributed by atoms with Gasteiger partial charge in [0.15, 0.2) is 0 Å². The Labute approximate surface area is 124 Å². The van der Waals surface area contributed by atoms with E-state index in [0.29, 0.717) is 6.54 Å². The summed E-state index contributed by atoms with van der Waals surface area (Å²) < 4.78 is 0. The van der Waals surface area contributed by atoms with Crippen molar-refractivity contribution in [1.82, 2.24) is 4.98 Å². The molecule has 0 aliphatic heterocycles. The largest absolute Gasteiger partial charge is 0.354 e. The van der Waals surface area contributed by atoms with E-state index in [-0.39, 0.29) is 0 Å². The minimum atomic E-state index is 0.560. The van der Waals surface area contributed by atoms with E-state index in [4.69, 9.17) is 10.7 Å². The molecule has 2 N–H and O–H groups in total. The van der Waals surface area contributed by atoms with Crippen molar-refractivity contribution in [1.29, 1.82) is 0 Å². The van der Waals surface area contributed by atoms with Crippen LogP contribution in [0.15, 0.2) is 23.6 Å². The van der Waals surface area contributed by atoms with Crippen LogP contribution in [0.25, 0.3) is 0 Å². The maximum absolute atomic E-state index is 5.93. The first-order chi connectivity index (χ1) is 9.78. The first-order valence-corrected chi connectivity index (χ1v) is 8.11. The van der Waals surface area contributed by atoms with Crippen molar-refractivity contribution >= 4 is 17.2 Å². The lowest BCUT2D eigenvalue weighted by molar-refractivity contribution is 0.663. The maximum atomic E-state index is 5.93. The van der Waals surface area contributed by atoms with Crippen LogP contribution in [-0.4, -0.2) is 12.0 Å². The molecule has 3 rings (SSSR count). The van der Waals surface area contributed by atoms with Gasteiger partial charge in [-0.15, -0.1) is 11.3 Å². The summed E-state index contributed by atoms with van der Waals surface area (Å²) in [5.41, 5.74) is 9.79. The lowest BCUT2D eigenvalue weighted by atomic mass is 9.94. The number of nitrogens with two attached hydrogens (primary N) is 1. The van der Waals surface area contributed by atoms with E-state index in [2.05, 4.69) is 35.5 Å². The van der Waals surface area contributed by atoms with E-state index in [1.54, 1.807) is 11.3 Å². The van der Waals surface area contributed by atoms with Crippen molar-refractivity contribution < 1.29 is 0 Å². The number of hydrogen-bond donors (Lipinski definition) is 1. The van der Waals surface area contributed by atoms with Gasteiger partial charge in [-0.05, 0) is 48.8 Å². The minimum Gasteiger partial charge on any atom is -0.354 e. The van der Waals surface area contributed by atoms with Gasteiger partial charge in [-0.25, -0.2) is 4.98 Å². The number of nitrogens with zero attached hydrogens (tertiary/aromatic N) is 2. The molecule has 1 aliphatic carbocycles. The molecule has 0 unspecified atom stereocenters. The highest BCUT2D eigenvalue weighted by molar-refractivity contribution is 7.09. The van der Waals surface area contributed by atoms with Crippen molar-refractivity contribution in [3.8, 4) is 0 Å². The number of aromatic nitrogens is 1. The second-order valence-electron chi connectivity index (χ2n) is 5.42. The summed E-state index contributed by atoms with van der Waals surface area (Å²) in [7, 11) is 2.11. The van der Waals surface area contributed by atoms with E-state index in [1.165, 1.54) is 34.5 Å². The van der Waals surface area contributed by atoms with Crippen LogP contribution >= 0.6 is 11.3 Å². The molecule has 3 nitrogen and oxygen atoms in total. The molecular formula is C16H21N3S. The zero-order valence-electron chi connectivity index (χ0n) is 11.9. The average molecular weight is 287 g/mol. The van der Waals surface area contributed by atoms with Gasteiger partial charge >= 0.3 is 0 Å². The molecule has 2 aromatic rings. The lowest BCUT2D eigenvalue weighted by Gasteiger charge is -2.24. The summed E-state index contributed by atoms with van der Waals surface area (Å²) >= 11 is 1.79. The van der Waals surface area contributed by atoms with Crippen molar-refractivity contribution in [3.63, 3.8) is 0 Å². The summed E-state index contributed by atoms with van der Waals surface area (Å²) in [4.78, 5) is 8.50. The molecule has 0 spiro atoms. The van der Waals surface area contributed by atoms with Crippen molar-refractivity contribution in [3.05, 3.63) is 45.3 Å². The van der Waals surface area contributed by atoms with Crippen LogP contribution in [0.3, 0.4) is 0 Å². The van der Waals surface area contributed by atoms with Gasteiger partial charge in [0.2, 0.25) is 0 Å². The SMILES string of the molecule is CN(Cc1cccs1)c1nc2c(cc1CN)CCCC2. The summed E-state index contributed by atoms with van der Waals surface area (Å²) in [6.45, 7) is 1.46. The zero-order valence-corrected chi connectivity index (χ0v) is 12.7. The Morgan fingerprint density at radius 2 is 2.20 bits per heavy atom. The monoisotopic (exact) mass is 287 g/mol. The number of hydrogen-bond acceptors (Lipinski definition) is 4. The molecule has 0 saturated heterocycles. The quantitative estimate of drug-likeness (QED) is 0.939. The molecular weight excluding hydrogens is 266 g/mol. The third-order valence-electron chi connectivity index (χ3n) is 3.91. The van der Waals surface area contributed by atoms with E-state index >= 15 is 0 Å². The van der Waals surface area contributed by atoms with Crippen LogP contribution in [0.1, 0.15) is 34.5 Å². The Morgan fingerprint density at radius 1 is 1.35 bits per heavy atom. The molecule has 4 heteroatoms. The predicted molar refractivity (Wildman–Crippen MR) is 85.2 cm³/mol. The van der Waals surface area contributed by atoms with Crippen molar-refractivity contribution in [2.75, 3.05) is 11.9 Å². The Morgan fingerprint density at radius 3 is 2.95 bits per heavy atom. The summed E-state index contributed by atoms with van der Waals surface area (Å²) in [5.74, 6) is 1.06. The van der Waals surface area contributed by atoms with Crippen LogP contribution < -0.4 is 10.6 Å². The van der Waals surface area contributed by atoms with Crippen LogP contribution in [0.5, 0.6) is 0 Å². The molecule has 0 saturated carbocycles. The molecule has 0 bridgehead atoms. The van der Waals surface area contributed by atoms with Gasteiger partial charge in [0.1, 0.15) is 5.82 Å². The first-order valence-electron chi connectivity index (χ1n) is 7.23. The standard InChI is InChI=1S/C16H21N3S/c1-19(11-14-6-4-8-20-14)16-13(10-17)9-12-5-2-3-7-15(12)18-16/h4,6,8-9H,2-3,5,7,10-11,17H2,1H3. The van der Waals surface area contributed by atoms with Crippen LogP contribution in [0.4, 0.5) is 5.82 Å². The van der Waals surface area contributed by atoms with Gasteiger partial charge in [-0.3, -0.25) is 0 Å². The van der Waals surface area contributed by atoms with Gasteiger partial charge in [-0.1, -0.05) is 6.07 Å². The number of anilines is 1. The van der Waals surface area contributed by atoms with Crippen LogP contribution in [0, 0.1) is 0 Å². The second kappa shape index (κ2) is 5.94. The highest BCUT2D eigenvalue weighted by Crippen LogP contribution is 2.27. The molecule has 0 aromatic carbocycles. The summed E-state index contributed by atoms with van der Waals surface area (Å²) in [6, 6.07) is 6.54. The van der Waals surface area contributed by atoms with Crippen LogP contribution in [0.2, 0.25) is 0 Å².